The average Bonchev–Trinajstić information content (AvgIpc) is 2.87. The lowest BCUT2D eigenvalue weighted by Gasteiger charge is -2.09. The number of fused-ring (bicyclic) bond motifs is 4. The van der Waals surface area contributed by atoms with Crippen LogP contribution in [0.5, 0.6) is 0 Å². The molecule has 2 heterocycles. The van der Waals surface area contributed by atoms with Gasteiger partial charge in [0.05, 0.1) is 0 Å². The average molecular weight is 326 g/mol. The van der Waals surface area contributed by atoms with E-state index in [2.05, 4.69) is 22.1 Å². The maximum absolute atomic E-state index is 11.8. The number of para-hydroxylation sites is 1. The number of rotatable bonds is 1. The molecule has 3 N–H and O–H groups in total. The van der Waals surface area contributed by atoms with E-state index >= 15 is 0 Å². The van der Waals surface area contributed by atoms with E-state index in [0.29, 0.717) is 5.69 Å². The highest BCUT2D eigenvalue weighted by atomic mass is 35.5. The van der Waals surface area contributed by atoms with Gasteiger partial charge in [0.2, 0.25) is 0 Å². The zero-order valence-electron chi connectivity index (χ0n) is 12.8. The van der Waals surface area contributed by atoms with E-state index in [4.69, 9.17) is 5.73 Å². The summed E-state index contributed by atoms with van der Waals surface area (Å²) in [6, 6.07) is 12.2. The molecule has 5 heteroatoms. The molecule has 0 aliphatic heterocycles. The lowest BCUT2D eigenvalue weighted by molar-refractivity contribution is 0.0997. The third-order valence-corrected chi connectivity index (χ3v) is 4.36. The molecule has 0 radical (unpaired) electrons. The second kappa shape index (κ2) is 5.25. The molecule has 0 fully saturated rings. The second-order valence-electron chi connectivity index (χ2n) is 5.65. The molecule has 0 bridgehead atoms. The van der Waals surface area contributed by atoms with Gasteiger partial charge in [-0.15, -0.1) is 12.4 Å². The normalized spacial score (nSPS) is 11.0. The molecule has 0 unspecified atom stereocenters. The van der Waals surface area contributed by atoms with E-state index < -0.39 is 5.91 Å². The maximum atomic E-state index is 11.8. The number of hydrogen-bond donors (Lipinski definition) is 2. The van der Waals surface area contributed by atoms with Crippen molar-refractivity contribution >= 4 is 50.9 Å². The van der Waals surface area contributed by atoms with Crippen LogP contribution >= 0.6 is 12.4 Å². The molecule has 1 amide bonds. The molecule has 116 valence electrons. The zero-order valence-corrected chi connectivity index (χ0v) is 13.6. The van der Waals surface area contributed by atoms with Gasteiger partial charge in [-0.1, -0.05) is 18.2 Å². The molecule has 0 saturated heterocycles. The standard InChI is InChI=1S/C18H15N3O.ClH/c1-9-10(2)20-17(18(19)22)14-7-13-11-5-3-4-6-15(11)21-16(13)8-12(9)14;/h3-8,21H,1-2H3,(H2,19,22);1H. The molecule has 2 aromatic carbocycles. The van der Waals surface area contributed by atoms with Gasteiger partial charge < -0.3 is 10.7 Å². The van der Waals surface area contributed by atoms with Crippen LogP contribution in [0.15, 0.2) is 36.4 Å². The minimum absolute atomic E-state index is 0. The van der Waals surface area contributed by atoms with Gasteiger partial charge in [0, 0.05) is 32.9 Å². The Balaban J connectivity index is 0.00000156. The molecule has 0 saturated carbocycles. The van der Waals surface area contributed by atoms with Crippen LogP contribution in [0.2, 0.25) is 0 Å². The van der Waals surface area contributed by atoms with E-state index in [1.54, 1.807) is 0 Å². The van der Waals surface area contributed by atoms with Crippen molar-refractivity contribution in [1.29, 1.82) is 0 Å². The number of aryl methyl sites for hydroxylation is 2. The predicted molar refractivity (Wildman–Crippen MR) is 96.3 cm³/mol. The van der Waals surface area contributed by atoms with Crippen LogP contribution in [0.3, 0.4) is 0 Å². The highest BCUT2D eigenvalue weighted by Crippen LogP contribution is 2.32. The summed E-state index contributed by atoms with van der Waals surface area (Å²) >= 11 is 0. The monoisotopic (exact) mass is 325 g/mol. The van der Waals surface area contributed by atoms with Gasteiger partial charge in [0.15, 0.2) is 0 Å². The number of nitrogens with one attached hydrogen (secondary N) is 1. The van der Waals surface area contributed by atoms with Crippen molar-refractivity contribution in [3.8, 4) is 0 Å². The minimum atomic E-state index is -0.493. The van der Waals surface area contributed by atoms with Crippen molar-refractivity contribution in [2.75, 3.05) is 0 Å². The van der Waals surface area contributed by atoms with Crippen LogP contribution in [-0.2, 0) is 0 Å². The predicted octanol–water partition coefficient (Wildman–Crippen LogP) is 4.01. The summed E-state index contributed by atoms with van der Waals surface area (Å²) in [5.41, 5.74) is 9.89. The smallest absolute Gasteiger partial charge is 0.267 e. The van der Waals surface area contributed by atoms with Crippen molar-refractivity contribution in [2.45, 2.75) is 13.8 Å². The third-order valence-electron chi connectivity index (χ3n) is 4.36. The first-order valence-electron chi connectivity index (χ1n) is 7.17. The molecular weight excluding hydrogens is 310 g/mol. The summed E-state index contributed by atoms with van der Waals surface area (Å²) in [6.07, 6.45) is 0. The van der Waals surface area contributed by atoms with Gasteiger partial charge in [0.1, 0.15) is 5.69 Å². The first kappa shape index (κ1) is 15.3. The molecule has 4 nitrogen and oxygen atoms in total. The van der Waals surface area contributed by atoms with Crippen molar-refractivity contribution in [2.24, 2.45) is 5.73 Å². The van der Waals surface area contributed by atoms with Crippen LogP contribution in [0.1, 0.15) is 21.7 Å². The molecule has 23 heavy (non-hydrogen) atoms. The fourth-order valence-corrected chi connectivity index (χ4v) is 3.10. The molecule has 0 aliphatic carbocycles. The van der Waals surface area contributed by atoms with Crippen LogP contribution < -0.4 is 5.73 Å². The van der Waals surface area contributed by atoms with E-state index in [0.717, 1.165) is 43.8 Å². The summed E-state index contributed by atoms with van der Waals surface area (Å²) in [7, 11) is 0. The van der Waals surface area contributed by atoms with Gasteiger partial charge in [0.25, 0.3) is 5.91 Å². The number of aromatic nitrogens is 2. The SMILES string of the molecule is Cc1nc(C(N)=O)c2cc3c(cc2c1C)[nH]c1ccccc13.Cl. The molecule has 2 aromatic heterocycles. The summed E-state index contributed by atoms with van der Waals surface area (Å²) in [4.78, 5) is 19.6. The lowest BCUT2D eigenvalue weighted by Crippen LogP contribution is -2.14. The van der Waals surface area contributed by atoms with Gasteiger partial charge >= 0.3 is 0 Å². The minimum Gasteiger partial charge on any atom is -0.364 e. The second-order valence-corrected chi connectivity index (χ2v) is 5.65. The van der Waals surface area contributed by atoms with E-state index in [-0.39, 0.29) is 12.4 Å². The number of amides is 1. The summed E-state index contributed by atoms with van der Waals surface area (Å²) < 4.78 is 0. The van der Waals surface area contributed by atoms with Crippen molar-refractivity contribution in [1.82, 2.24) is 9.97 Å². The highest BCUT2D eigenvalue weighted by Gasteiger charge is 2.15. The number of nitrogens with two attached hydrogens (primary N) is 1. The summed E-state index contributed by atoms with van der Waals surface area (Å²) in [5.74, 6) is -0.493. The molecule has 4 aromatic rings. The van der Waals surface area contributed by atoms with Crippen LogP contribution in [0.25, 0.3) is 32.6 Å². The zero-order chi connectivity index (χ0) is 15.4. The van der Waals surface area contributed by atoms with Gasteiger partial charge in [-0.2, -0.15) is 0 Å². The molecule has 0 spiro atoms. The Bertz CT molecular complexity index is 1080. The Kier molecular flexibility index (Phi) is 3.49. The van der Waals surface area contributed by atoms with E-state index in [1.165, 1.54) is 0 Å². The largest absolute Gasteiger partial charge is 0.364 e. The number of pyridine rings is 1. The van der Waals surface area contributed by atoms with E-state index in [9.17, 15) is 4.79 Å². The number of benzene rings is 2. The molecule has 4 rings (SSSR count). The Labute approximate surface area is 139 Å². The van der Waals surface area contributed by atoms with E-state index in [1.807, 2.05) is 38.1 Å². The molecule has 0 aliphatic rings. The Morgan fingerprint density at radius 3 is 2.48 bits per heavy atom. The number of halogens is 1. The number of carbonyl (C=O) groups is 1. The first-order valence-corrected chi connectivity index (χ1v) is 7.17. The third kappa shape index (κ3) is 2.14. The lowest BCUT2D eigenvalue weighted by atomic mass is 10.00. The van der Waals surface area contributed by atoms with Crippen LogP contribution in [0.4, 0.5) is 0 Å². The Hall–Kier alpha value is -2.59. The summed E-state index contributed by atoms with van der Waals surface area (Å²) in [6.45, 7) is 3.92. The van der Waals surface area contributed by atoms with Crippen LogP contribution in [-0.4, -0.2) is 15.9 Å². The number of H-pyrrole nitrogens is 1. The van der Waals surface area contributed by atoms with Crippen LogP contribution in [0, 0.1) is 13.8 Å². The number of aromatic amines is 1. The number of primary amides is 1. The molecular formula is C18H16ClN3O. The first-order chi connectivity index (χ1) is 10.6. The summed E-state index contributed by atoms with van der Waals surface area (Å²) in [5, 5.41) is 4.04. The number of nitrogens with zero attached hydrogens (tertiary/aromatic N) is 1. The fraction of sp³-hybridized carbons (Fsp3) is 0.111. The maximum Gasteiger partial charge on any atom is 0.267 e. The van der Waals surface area contributed by atoms with Crippen molar-refractivity contribution in [3.63, 3.8) is 0 Å². The Morgan fingerprint density at radius 1 is 1.00 bits per heavy atom. The van der Waals surface area contributed by atoms with Crippen molar-refractivity contribution < 1.29 is 4.79 Å². The van der Waals surface area contributed by atoms with Gasteiger partial charge in [-0.25, -0.2) is 4.98 Å². The topological polar surface area (TPSA) is 71.8 Å². The van der Waals surface area contributed by atoms with Gasteiger partial charge in [-0.05, 0) is 43.0 Å². The Morgan fingerprint density at radius 2 is 1.74 bits per heavy atom. The number of carbonyl (C=O) groups excluding carboxylic acids is 1. The van der Waals surface area contributed by atoms with Gasteiger partial charge in [-0.3, -0.25) is 4.79 Å². The van der Waals surface area contributed by atoms with Crippen molar-refractivity contribution in [3.05, 3.63) is 53.3 Å². The quantitative estimate of drug-likeness (QED) is 0.555. The molecule has 0 atom stereocenters. The highest BCUT2D eigenvalue weighted by molar-refractivity contribution is 6.15. The number of hydrogen-bond acceptors (Lipinski definition) is 2. The fourth-order valence-electron chi connectivity index (χ4n) is 3.10.